The summed E-state index contributed by atoms with van der Waals surface area (Å²) in [5.74, 6) is -0.402. The zero-order valence-corrected chi connectivity index (χ0v) is 10.5. The molecule has 92 valence electrons. The third kappa shape index (κ3) is 2.67. The van der Waals surface area contributed by atoms with Gasteiger partial charge in [-0.1, -0.05) is 18.0 Å². The number of ketones is 1. The van der Waals surface area contributed by atoms with E-state index in [1.165, 1.54) is 12.1 Å². The van der Waals surface area contributed by atoms with Crippen molar-refractivity contribution >= 4 is 17.4 Å². The van der Waals surface area contributed by atoms with Crippen LogP contribution in [0.25, 0.3) is 0 Å². The first kappa shape index (κ1) is 12.5. The fraction of sp³-hybridized carbons (Fsp3) is 0.462. The molecule has 2 rings (SSSR count). The smallest absolute Gasteiger partial charge is 0.181 e. The molecule has 0 radical (unpaired) electrons. The molecule has 1 aromatic rings. The molecule has 4 heteroatoms. The van der Waals surface area contributed by atoms with E-state index in [1.807, 2.05) is 0 Å². The van der Waals surface area contributed by atoms with Crippen LogP contribution in [0.3, 0.4) is 0 Å². The highest BCUT2D eigenvalue weighted by Gasteiger charge is 2.24. The van der Waals surface area contributed by atoms with Crippen molar-refractivity contribution in [2.75, 3.05) is 6.54 Å². The Kier molecular flexibility index (Phi) is 3.79. The second-order valence-electron chi connectivity index (χ2n) is 4.45. The topological polar surface area (TPSA) is 29.1 Å². The first-order chi connectivity index (χ1) is 8.09. The average molecular weight is 256 g/mol. The van der Waals surface area contributed by atoms with E-state index >= 15 is 0 Å². The third-order valence-electron chi connectivity index (χ3n) is 3.14. The summed E-state index contributed by atoms with van der Waals surface area (Å²) in [6.45, 7) is 2.49. The van der Waals surface area contributed by atoms with Crippen molar-refractivity contribution in [3.63, 3.8) is 0 Å². The molecular formula is C13H15ClFNO. The summed E-state index contributed by atoms with van der Waals surface area (Å²) in [6, 6.07) is 2.58. The molecule has 1 aliphatic heterocycles. The lowest BCUT2D eigenvalue weighted by Gasteiger charge is -2.22. The highest BCUT2D eigenvalue weighted by Crippen LogP contribution is 2.23. The van der Waals surface area contributed by atoms with Crippen LogP contribution >= 0.6 is 11.6 Å². The molecule has 1 aliphatic rings. The minimum absolute atomic E-state index is 0.0298. The monoisotopic (exact) mass is 255 g/mol. The number of hydrogen-bond acceptors (Lipinski definition) is 2. The van der Waals surface area contributed by atoms with Gasteiger partial charge in [-0.2, -0.15) is 0 Å². The second-order valence-corrected chi connectivity index (χ2v) is 4.86. The number of carbonyl (C=O) groups is 1. The van der Waals surface area contributed by atoms with E-state index in [0.29, 0.717) is 11.1 Å². The van der Waals surface area contributed by atoms with E-state index in [1.54, 1.807) is 6.92 Å². The molecule has 1 heterocycles. The maximum absolute atomic E-state index is 13.3. The molecule has 17 heavy (non-hydrogen) atoms. The molecular weight excluding hydrogens is 241 g/mol. The number of hydrogen-bond donors (Lipinski definition) is 1. The Morgan fingerprint density at radius 1 is 1.47 bits per heavy atom. The summed E-state index contributed by atoms with van der Waals surface area (Å²) in [5.41, 5.74) is 0.874. The molecule has 1 aromatic carbocycles. The van der Waals surface area contributed by atoms with Crippen molar-refractivity contribution in [2.45, 2.75) is 32.2 Å². The number of aryl methyl sites for hydroxylation is 1. The number of nitrogens with one attached hydrogen (secondary N) is 1. The Bertz CT molecular complexity index is 441. The van der Waals surface area contributed by atoms with Crippen LogP contribution in [0.1, 0.15) is 35.2 Å². The molecule has 1 fully saturated rings. The number of piperidine rings is 1. The summed E-state index contributed by atoms with van der Waals surface area (Å²) in [7, 11) is 0. The van der Waals surface area contributed by atoms with E-state index in [9.17, 15) is 9.18 Å². The predicted octanol–water partition coefficient (Wildman–Crippen LogP) is 3.11. The average Bonchev–Trinajstić information content (AvgIpc) is 2.34. The summed E-state index contributed by atoms with van der Waals surface area (Å²) >= 11 is 5.93. The van der Waals surface area contributed by atoms with Gasteiger partial charge in [0.25, 0.3) is 0 Å². The lowest BCUT2D eigenvalue weighted by molar-refractivity contribution is 0.0927. The summed E-state index contributed by atoms with van der Waals surface area (Å²) in [5, 5.41) is 3.38. The van der Waals surface area contributed by atoms with Gasteiger partial charge in [-0.3, -0.25) is 4.79 Å². The lowest BCUT2D eigenvalue weighted by atomic mass is 9.95. The Morgan fingerprint density at radius 2 is 2.24 bits per heavy atom. The fourth-order valence-corrected chi connectivity index (χ4v) is 2.35. The molecule has 0 amide bonds. The van der Waals surface area contributed by atoms with Crippen LogP contribution in [-0.2, 0) is 0 Å². The first-order valence-corrected chi connectivity index (χ1v) is 6.20. The van der Waals surface area contributed by atoms with Gasteiger partial charge in [0.2, 0.25) is 0 Å². The molecule has 0 bridgehead atoms. The third-order valence-corrected chi connectivity index (χ3v) is 3.45. The summed E-state index contributed by atoms with van der Waals surface area (Å²) in [6.07, 6.45) is 2.97. The van der Waals surface area contributed by atoms with Crippen molar-refractivity contribution in [1.82, 2.24) is 5.32 Å². The van der Waals surface area contributed by atoms with Crippen LogP contribution in [0.2, 0.25) is 5.02 Å². The quantitative estimate of drug-likeness (QED) is 0.823. The lowest BCUT2D eigenvalue weighted by Crippen LogP contribution is -2.40. The maximum atomic E-state index is 13.3. The molecule has 1 atom stereocenters. The SMILES string of the molecule is Cc1cc(C(=O)C2CCCCN2)c(Cl)cc1F. The zero-order valence-electron chi connectivity index (χ0n) is 9.72. The Morgan fingerprint density at radius 3 is 2.88 bits per heavy atom. The highest BCUT2D eigenvalue weighted by atomic mass is 35.5. The molecule has 1 saturated heterocycles. The Balaban J connectivity index is 2.26. The zero-order chi connectivity index (χ0) is 12.4. The van der Waals surface area contributed by atoms with Gasteiger partial charge < -0.3 is 5.32 Å². The molecule has 0 aromatic heterocycles. The number of rotatable bonds is 2. The van der Waals surface area contributed by atoms with Gasteiger partial charge in [0.15, 0.2) is 5.78 Å². The highest BCUT2D eigenvalue weighted by molar-refractivity contribution is 6.34. The molecule has 2 nitrogen and oxygen atoms in total. The largest absolute Gasteiger partial charge is 0.307 e. The van der Waals surface area contributed by atoms with Gasteiger partial charge in [0.1, 0.15) is 5.82 Å². The van der Waals surface area contributed by atoms with Crippen LogP contribution in [0.15, 0.2) is 12.1 Å². The molecule has 1 unspecified atom stereocenters. The number of benzene rings is 1. The van der Waals surface area contributed by atoms with E-state index < -0.39 is 0 Å². The van der Waals surface area contributed by atoms with Crippen LogP contribution in [-0.4, -0.2) is 18.4 Å². The van der Waals surface area contributed by atoms with Crippen molar-refractivity contribution in [1.29, 1.82) is 0 Å². The molecule has 0 aliphatic carbocycles. The van der Waals surface area contributed by atoms with E-state index in [0.717, 1.165) is 25.8 Å². The van der Waals surface area contributed by atoms with Crippen molar-refractivity contribution < 1.29 is 9.18 Å². The summed E-state index contributed by atoms with van der Waals surface area (Å²) in [4.78, 5) is 12.2. The van der Waals surface area contributed by atoms with E-state index in [2.05, 4.69) is 5.32 Å². The van der Waals surface area contributed by atoms with Crippen molar-refractivity contribution in [2.24, 2.45) is 0 Å². The standard InChI is InChI=1S/C13H15ClFNO/c1-8-6-9(10(14)7-11(8)15)13(17)12-4-2-3-5-16-12/h6-7,12,16H,2-5H2,1H3. The predicted molar refractivity (Wildman–Crippen MR) is 66.1 cm³/mol. The number of Topliss-reactive ketones (excluding diaryl/α,β-unsaturated/α-hetero) is 1. The Labute approximate surface area is 105 Å². The van der Waals surface area contributed by atoms with Crippen LogP contribution in [0.4, 0.5) is 4.39 Å². The number of halogens is 2. The van der Waals surface area contributed by atoms with Gasteiger partial charge >= 0.3 is 0 Å². The Hall–Kier alpha value is -0.930. The molecule has 0 spiro atoms. The van der Waals surface area contributed by atoms with Crippen LogP contribution in [0.5, 0.6) is 0 Å². The van der Waals surface area contributed by atoms with E-state index in [4.69, 9.17) is 11.6 Å². The minimum atomic E-state index is -0.372. The van der Waals surface area contributed by atoms with Crippen LogP contribution < -0.4 is 5.32 Å². The molecule has 1 N–H and O–H groups in total. The second kappa shape index (κ2) is 5.15. The van der Waals surface area contributed by atoms with Crippen molar-refractivity contribution in [3.8, 4) is 0 Å². The van der Waals surface area contributed by atoms with Gasteiger partial charge in [-0.25, -0.2) is 4.39 Å². The minimum Gasteiger partial charge on any atom is -0.307 e. The number of carbonyl (C=O) groups excluding carboxylic acids is 1. The van der Waals surface area contributed by atoms with Crippen LogP contribution in [0, 0.1) is 12.7 Å². The first-order valence-electron chi connectivity index (χ1n) is 5.83. The normalized spacial score (nSPS) is 20.3. The van der Waals surface area contributed by atoms with Gasteiger partial charge in [0, 0.05) is 5.56 Å². The van der Waals surface area contributed by atoms with Gasteiger partial charge in [-0.05, 0) is 44.0 Å². The van der Waals surface area contributed by atoms with E-state index in [-0.39, 0.29) is 22.7 Å². The van der Waals surface area contributed by atoms with Gasteiger partial charge in [0.05, 0.1) is 11.1 Å². The summed E-state index contributed by atoms with van der Waals surface area (Å²) < 4.78 is 13.3. The maximum Gasteiger partial charge on any atom is 0.181 e. The van der Waals surface area contributed by atoms with Gasteiger partial charge in [-0.15, -0.1) is 0 Å². The molecule has 0 saturated carbocycles. The fourth-order valence-electron chi connectivity index (χ4n) is 2.11. The van der Waals surface area contributed by atoms with Crippen molar-refractivity contribution in [3.05, 3.63) is 34.1 Å².